The van der Waals surface area contributed by atoms with Gasteiger partial charge >= 0.3 is 5.97 Å². The molecular weight excluding hydrogens is 350 g/mol. The molecule has 2 atom stereocenters. The highest BCUT2D eigenvalue weighted by Crippen LogP contribution is 2.19. The minimum Gasteiger partial charge on any atom is -0.449 e. The van der Waals surface area contributed by atoms with E-state index < -0.39 is 21.9 Å². The van der Waals surface area contributed by atoms with E-state index in [2.05, 4.69) is 0 Å². The van der Waals surface area contributed by atoms with Gasteiger partial charge in [0.2, 0.25) is 0 Å². The van der Waals surface area contributed by atoms with Crippen LogP contribution < -0.4 is 0 Å². The summed E-state index contributed by atoms with van der Waals surface area (Å²) in [6.07, 6.45) is 2.40. The number of amides is 1. The zero-order chi connectivity index (χ0) is 17.7. The first-order valence-corrected chi connectivity index (χ1v) is 10.5. The molecule has 1 aliphatic heterocycles. The Hall–Kier alpha value is -1.67. The standard InChI is InChI=1S/C16H21NO5S2/c1-3-17(13-8-10-24(20,21)11-13)16(19)12(2)22-15(18)7-6-14-5-4-9-23-14/h4-7,9,12-13H,3,8,10-11H2,1-2H3/b7-6+/t12-,13+/m0/s1. The van der Waals surface area contributed by atoms with Crippen molar-refractivity contribution in [2.24, 2.45) is 0 Å². The molecule has 0 unspecified atom stereocenters. The molecule has 0 bridgehead atoms. The monoisotopic (exact) mass is 371 g/mol. The number of likely N-dealkylation sites (N-methyl/N-ethyl adjacent to an activating group) is 1. The average Bonchev–Trinajstić information content (AvgIpc) is 3.15. The second-order valence-corrected chi connectivity index (χ2v) is 8.82. The molecule has 1 aromatic rings. The van der Waals surface area contributed by atoms with Crippen LogP contribution in [0.5, 0.6) is 0 Å². The maximum atomic E-state index is 12.5. The number of sulfone groups is 1. The van der Waals surface area contributed by atoms with Crippen LogP contribution in [0.2, 0.25) is 0 Å². The summed E-state index contributed by atoms with van der Waals surface area (Å²) >= 11 is 1.49. The number of esters is 1. The van der Waals surface area contributed by atoms with E-state index >= 15 is 0 Å². The van der Waals surface area contributed by atoms with Gasteiger partial charge in [-0.05, 0) is 37.8 Å². The molecule has 1 aliphatic rings. The van der Waals surface area contributed by atoms with Crippen molar-refractivity contribution in [2.75, 3.05) is 18.1 Å². The summed E-state index contributed by atoms with van der Waals surface area (Å²) in [5.41, 5.74) is 0. The highest BCUT2D eigenvalue weighted by molar-refractivity contribution is 7.91. The molecule has 1 aromatic heterocycles. The molecule has 2 heterocycles. The van der Waals surface area contributed by atoms with Gasteiger partial charge in [0.25, 0.3) is 5.91 Å². The second-order valence-electron chi connectivity index (χ2n) is 5.61. The Balaban J connectivity index is 1.93. The van der Waals surface area contributed by atoms with Crippen LogP contribution in [-0.4, -0.2) is 55.4 Å². The van der Waals surface area contributed by atoms with Crippen molar-refractivity contribution < 1.29 is 22.7 Å². The Labute approximate surface area is 146 Å². The van der Waals surface area contributed by atoms with E-state index in [0.29, 0.717) is 13.0 Å². The van der Waals surface area contributed by atoms with Crippen molar-refractivity contribution in [3.63, 3.8) is 0 Å². The predicted molar refractivity (Wildman–Crippen MR) is 93.4 cm³/mol. The molecule has 132 valence electrons. The first-order chi connectivity index (χ1) is 11.3. The molecule has 6 nitrogen and oxygen atoms in total. The second kappa shape index (κ2) is 7.94. The Morgan fingerprint density at radius 2 is 2.25 bits per heavy atom. The summed E-state index contributed by atoms with van der Waals surface area (Å²) in [4.78, 5) is 26.7. The van der Waals surface area contributed by atoms with Crippen LogP contribution >= 0.6 is 11.3 Å². The molecule has 1 amide bonds. The third kappa shape index (κ3) is 4.91. The lowest BCUT2D eigenvalue weighted by Crippen LogP contribution is -2.46. The van der Waals surface area contributed by atoms with Gasteiger partial charge in [-0.1, -0.05) is 6.07 Å². The van der Waals surface area contributed by atoms with Crippen molar-refractivity contribution in [1.82, 2.24) is 4.90 Å². The van der Waals surface area contributed by atoms with Gasteiger partial charge in [0, 0.05) is 23.5 Å². The van der Waals surface area contributed by atoms with E-state index in [1.165, 1.54) is 29.2 Å². The summed E-state index contributed by atoms with van der Waals surface area (Å²) in [5.74, 6) is -0.887. The van der Waals surface area contributed by atoms with Crippen LogP contribution in [0.15, 0.2) is 23.6 Å². The lowest BCUT2D eigenvalue weighted by Gasteiger charge is -2.29. The molecule has 0 N–H and O–H groups in total. The fourth-order valence-electron chi connectivity index (χ4n) is 2.65. The molecule has 2 rings (SSSR count). The van der Waals surface area contributed by atoms with E-state index in [0.717, 1.165) is 4.88 Å². The van der Waals surface area contributed by atoms with E-state index in [4.69, 9.17) is 4.74 Å². The maximum Gasteiger partial charge on any atom is 0.331 e. The smallest absolute Gasteiger partial charge is 0.331 e. The van der Waals surface area contributed by atoms with E-state index in [1.54, 1.807) is 13.0 Å². The predicted octanol–water partition coefficient (Wildman–Crippen LogP) is 1.73. The number of ether oxygens (including phenoxy) is 1. The van der Waals surface area contributed by atoms with Crippen molar-refractivity contribution in [3.05, 3.63) is 28.5 Å². The van der Waals surface area contributed by atoms with Gasteiger partial charge in [-0.2, -0.15) is 0 Å². The van der Waals surface area contributed by atoms with E-state index in [9.17, 15) is 18.0 Å². The normalized spacial score (nSPS) is 20.8. The Kier molecular flexibility index (Phi) is 6.17. The van der Waals surface area contributed by atoms with E-state index in [-0.39, 0.29) is 23.5 Å². The minimum atomic E-state index is -3.08. The van der Waals surface area contributed by atoms with Crippen molar-refractivity contribution in [1.29, 1.82) is 0 Å². The van der Waals surface area contributed by atoms with E-state index in [1.807, 2.05) is 17.5 Å². The van der Waals surface area contributed by atoms with Crippen LogP contribution in [0.25, 0.3) is 6.08 Å². The molecule has 1 fully saturated rings. The summed E-state index contributed by atoms with van der Waals surface area (Å²) in [5, 5.41) is 1.89. The molecule has 8 heteroatoms. The minimum absolute atomic E-state index is 0.0223. The van der Waals surface area contributed by atoms with Gasteiger partial charge < -0.3 is 9.64 Å². The first-order valence-electron chi connectivity index (χ1n) is 7.75. The number of nitrogens with zero attached hydrogens (tertiary/aromatic N) is 1. The average molecular weight is 371 g/mol. The Bertz CT molecular complexity index is 709. The number of carbonyl (C=O) groups excluding carboxylic acids is 2. The van der Waals surface area contributed by atoms with Crippen LogP contribution in [-0.2, 0) is 24.2 Å². The molecule has 24 heavy (non-hydrogen) atoms. The van der Waals surface area contributed by atoms with Gasteiger partial charge in [0.15, 0.2) is 15.9 Å². The topological polar surface area (TPSA) is 80.8 Å². The fraction of sp³-hybridized carbons (Fsp3) is 0.500. The maximum absolute atomic E-state index is 12.5. The van der Waals surface area contributed by atoms with Crippen molar-refractivity contribution in [2.45, 2.75) is 32.4 Å². The molecule has 0 saturated carbocycles. The number of hydrogen-bond acceptors (Lipinski definition) is 6. The zero-order valence-corrected chi connectivity index (χ0v) is 15.3. The van der Waals surface area contributed by atoms with Gasteiger partial charge in [-0.3, -0.25) is 4.79 Å². The van der Waals surface area contributed by atoms with Crippen LogP contribution in [0.3, 0.4) is 0 Å². The van der Waals surface area contributed by atoms with Crippen molar-refractivity contribution in [3.8, 4) is 0 Å². The summed E-state index contributed by atoms with van der Waals surface area (Å²) < 4.78 is 28.3. The third-order valence-corrected chi connectivity index (χ3v) is 6.43. The van der Waals surface area contributed by atoms with Gasteiger partial charge in [-0.25, -0.2) is 13.2 Å². The SMILES string of the molecule is CCN(C(=O)[C@H](C)OC(=O)/C=C/c1cccs1)[C@@H]1CCS(=O)(=O)C1. The largest absolute Gasteiger partial charge is 0.449 e. The molecule has 1 saturated heterocycles. The number of rotatable bonds is 6. The van der Waals surface area contributed by atoms with Crippen LogP contribution in [0, 0.1) is 0 Å². The van der Waals surface area contributed by atoms with Crippen LogP contribution in [0.1, 0.15) is 25.1 Å². The molecule has 0 aromatic carbocycles. The highest BCUT2D eigenvalue weighted by Gasteiger charge is 2.35. The molecule has 0 aliphatic carbocycles. The molecular formula is C16H21NO5S2. The highest BCUT2D eigenvalue weighted by atomic mass is 32.2. The van der Waals surface area contributed by atoms with Crippen molar-refractivity contribution >= 4 is 39.1 Å². The van der Waals surface area contributed by atoms with Gasteiger partial charge in [-0.15, -0.1) is 11.3 Å². The first kappa shape index (κ1) is 18.7. The fourth-order valence-corrected chi connectivity index (χ4v) is 5.00. The summed E-state index contributed by atoms with van der Waals surface area (Å²) in [6.45, 7) is 3.67. The molecule has 0 radical (unpaired) electrons. The zero-order valence-electron chi connectivity index (χ0n) is 13.7. The lowest BCUT2D eigenvalue weighted by atomic mass is 10.2. The third-order valence-electron chi connectivity index (χ3n) is 3.84. The summed E-state index contributed by atoms with van der Waals surface area (Å²) in [6, 6.07) is 3.40. The van der Waals surface area contributed by atoms with Crippen LogP contribution in [0.4, 0.5) is 0 Å². The Morgan fingerprint density at radius 1 is 1.50 bits per heavy atom. The van der Waals surface area contributed by atoms with Gasteiger partial charge in [0.05, 0.1) is 11.5 Å². The lowest BCUT2D eigenvalue weighted by molar-refractivity contribution is -0.156. The molecule has 0 spiro atoms. The summed E-state index contributed by atoms with van der Waals surface area (Å²) in [7, 11) is -3.08. The number of hydrogen-bond donors (Lipinski definition) is 0. The quantitative estimate of drug-likeness (QED) is 0.562. The number of thiophene rings is 1. The number of carbonyl (C=O) groups is 2. The van der Waals surface area contributed by atoms with Gasteiger partial charge in [0.1, 0.15) is 0 Å². The Morgan fingerprint density at radius 3 is 2.79 bits per heavy atom.